The number of thiazole rings is 1. The van der Waals surface area contributed by atoms with Crippen LogP contribution in [0.1, 0.15) is 42.1 Å². The maximum Gasteiger partial charge on any atom is 0.133 e. The van der Waals surface area contributed by atoms with E-state index in [0.717, 1.165) is 96.0 Å². The molecule has 1 atom stereocenters. The Morgan fingerprint density at radius 2 is 1.86 bits per heavy atom. The third kappa shape index (κ3) is 5.24. The second-order valence-corrected chi connectivity index (χ2v) is 10.5. The van der Waals surface area contributed by atoms with Gasteiger partial charge >= 0.3 is 0 Å². The van der Waals surface area contributed by atoms with Gasteiger partial charge in [-0.1, -0.05) is 6.07 Å². The van der Waals surface area contributed by atoms with Gasteiger partial charge in [0.1, 0.15) is 16.6 Å². The summed E-state index contributed by atoms with van der Waals surface area (Å²) in [6, 6.07) is 10.7. The van der Waals surface area contributed by atoms with Gasteiger partial charge in [0.25, 0.3) is 0 Å². The highest BCUT2D eigenvalue weighted by atomic mass is 32.1. The molecule has 2 aliphatic heterocycles. The number of nitrogens with zero attached hydrogens (tertiary/aromatic N) is 4. The monoisotopic (exact) mass is 502 g/mol. The Kier molecular flexibility index (Phi) is 6.87. The zero-order valence-electron chi connectivity index (χ0n) is 20.4. The molecule has 186 valence electrons. The second kappa shape index (κ2) is 10.6. The van der Waals surface area contributed by atoms with Crippen molar-refractivity contribution in [2.45, 2.75) is 44.7 Å². The summed E-state index contributed by atoms with van der Waals surface area (Å²) in [6.45, 7) is 5.94. The van der Waals surface area contributed by atoms with Crippen molar-refractivity contribution in [1.29, 1.82) is 0 Å². The molecule has 0 aliphatic carbocycles. The molecule has 0 saturated carbocycles. The molecule has 9 heteroatoms. The summed E-state index contributed by atoms with van der Waals surface area (Å²) in [5.41, 5.74) is 5.38. The first-order valence-electron chi connectivity index (χ1n) is 12.6. The van der Waals surface area contributed by atoms with E-state index in [2.05, 4.69) is 38.8 Å². The minimum atomic E-state index is 0.387. The molecule has 2 fully saturated rings. The first kappa shape index (κ1) is 23.4. The predicted octanol–water partition coefficient (Wildman–Crippen LogP) is 4.97. The lowest BCUT2D eigenvalue weighted by Gasteiger charge is -2.25. The van der Waals surface area contributed by atoms with Gasteiger partial charge in [-0.15, -0.1) is 11.3 Å². The van der Waals surface area contributed by atoms with E-state index >= 15 is 0 Å². The highest BCUT2D eigenvalue weighted by Crippen LogP contribution is 2.32. The lowest BCUT2D eigenvalue weighted by molar-refractivity contribution is 0.0850. The molecule has 0 spiro atoms. The fourth-order valence-electron chi connectivity index (χ4n) is 4.88. The Balaban J connectivity index is 1.24. The Labute approximate surface area is 214 Å². The van der Waals surface area contributed by atoms with Gasteiger partial charge in [-0.25, -0.2) is 15.0 Å². The summed E-state index contributed by atoms with van der Waals surface area (Å²) in [4.78, 5) is 18.8. The van der Waals surface area contributed by atoms with Crippen LogP contribution in [0.5, 0.6) is 0 Å². The average molecular weight is 503 g/mol. The van der Waals surface area contributed by atoms with Gasteiger partial charge in [-0.2, -0.15) is 0 Å². The van der Waals surface area contributed by atoms with E-state index in [1.54, 1.807) is 11.3 Å². The van der Waals surface area contributed by atoms with Crippen LogP contribution >= 0.6 is 11.3 Å². The highest BCUT2D eigenvalue weighted by molar-refractivity contribution is 7.21. The van der Waals surface area contributed by atoms with Crippen molar-refractivity contribution in [2.75, 3.05) is 31.7 Å². The number of rotatable bonds is 7. The summed E-state index contributed by atoms with van der Waals surface area (Å²) in [7, 11) is 0. The van der Waals surface area contributed by atoms with Crippen LogP contribution in [0.15, 0.2) is 42.7 Å². The largest absolute Gasteiger partial charge is 0.381 e. The molecule has 0 amide bonds. The van der Waals surface area contributed by atoms with Crippen molar-refractivity contribution in [3.8, 4) is 10.6 Å². The van der Waals surface area contributed by atoms with Crippen molar-refractivity contribution in [3.05, 3.63) is 59.7 Å². The van der Waals surface area contributed by atoms with Crippen LogP contribution in [0.2, 0.25) is 0 Å². The molecule has 2 N–H and O–H groups in total. The predicted molar refractivity (Wildman–Crippen MR) is 142 cm³/mol. The van der Waals surface area contributed by atoms with Crippen LogP contribution in [0.25, 0.3) is 20.8 Å². The zero-order chi connectivity index (χ0) is 24.3. The van der Waals surface area contributed by atoms with Gasteiger partial charge in [0.05, 0.1) is 22.5 Å². The van der Waals surface area contributed by atoms with E-state index < -0.39 is 0 Å². The van der Waals surface area contributed by atoms with Gasteiger partial charge in [-0.3, -0.25) is 4.98 Å². The normalized spacial score (nSPS) is 18.6. The molecule has 36 heavy (non-hydrogen) atoms. The number of aryl methyl sites for hydroxylation is 1. The average Bonchev–Trinajstić information content (AvgIpc) is 3.58. The molecule has 8 nitrogen and oxygen atoms in total. The van der Waals surface area contributed by atoms with E-state index in [9.17, 15) is 0 Å². The molecule has 4 aromatic rings. The minimum absolute atomic E-state index is 0.387. The molecular formula is C27H30N6O2S. The highest BCUT2D eigenvalue weighted by Gasteiger charge is 2.22. The van der Waals surface area contributed by atoms with Crippen LogP contribution < -0.4 is 10.6 Å². The number of hydrogen-bond donors (Lipinski definition) is 2. The molecular weight excluding hydrogens is 472 g/mol. The van der Waals surface area contributed by atoms with Crippen LogP contribution in [0.4, 0.5) is 11.6 Å². The number of anilines is 2. The molecule has 6 rings (SSSR count). The Morgan fingerprint density at radius 3 is 2.69 bits per heavy atom. The van der Waals surface area contributed by atoms with Crippen molar-refractivity contribution in [3.63, 3.8) is 0 Å². The van der Waals surface area contributed by atoms with Gasteiger partial charge < -0.3 is 20.1 Å². The van der Waals surface area contributed by atoms with Crippen molar-refractivity contribution >= 4 is 33.2 Å². The number of pyridine rings is 3. The lowest BCUT2D eigenvalue weighted by atomic mass is 9.90. The quantitative estimate of drug-likeness (QED) is 0.366. The summed E-state index contributed by atoms with van der Waals surface area (Å²) < 4.78 is 12.2. The summed E-state index contributed by atoms with van der Waals surface area (Å²) in [5, 5.41) is 8.02. The summed E-state index contributed by atoms with van der Waals surface area (Å²) >= 11 is 1.64. The maximum absolute atomic E-state index is 5.59. The van der Waals surface area contributed by atoms with E-state index in [4.69, 9.17) is 19.4 Å². The third-order valence-electron chi connectivity index (χ3n) is 6.83. The summed E-state index contributed by atoms with van der Waals surface area (Å²) in [6.07, 6.45) is 6.82. The van der Waals surface area contributed by atoms with Gasteiger partial charge in [0.15, 0.2) is 0 Å². The van der Waals surface area contributed by atoms with E-state index in [1.165, 1.54) is 5.56 Å². The first-order valence-corrected chi connectivity index (χ1v) is 13.4. The number of fused-ring (bicyclic) bond motifs is 1. The smallest absolute Gasteiger partial charge is 0.133 e. The molecule has 2 saturated heterocycles. The number of ether oxygens (including phenoxy) is 2. The van der Waals surface area contributed by atoms with Gasteiger partial charge in [0.2, 0.25) is 0 Å². The fourth-order valence-corrected chi connectivity index (χ4v) is 5.79. The second-order valence-electron chi connectivity index (χ2n) is 9.43. The SMILES string of the molecule is Cc1cc(-c2nc3cc(Nc4ccc(C5CCOCC5)c(CN[C@H]5CCOC5)n4)ncc3s2)ccn1. The molecule has 0 aromatic carbocycles. The van der Waals surface area contributed by atoms with Crippen molar-refractivity contribution < 1.29 is 9.47 Å². The Morgan fingerprint density at radius 1 is 0.972 bits per heavy atom. The van der Waals surface area contributed by atoms with E-state index in [0.29, 0.717) is 12.0 Å². The molecule has 0 radical (unpaired) electrons. The third-order valence-corrected chi connectivity index (χ3v) is 7.89. The minimum Gasteiger partial charge on any atom is -0.381 e. The van der Waals surface area contributed by atoms with E-state index in [-0.39, 0.29) is 0 Å². The number of nitrogens with one attached hydrogen (secondary N) is 2. The van der Waals surface area contributed by atoms with E-state index in [1.807, 2.05) is 31.5 Å². The van der Waals surface area contributed by atoms with Crippen LogP contribution in [0, 0.1) is 6.92 Å². The molecule has 0 unspecified atom stereocenters. The molecule has 0 bridgehead atoms. The number of aromatic nitrogens is 4. The van der Waals surface area contributed by atoms with Crippen molar-refractivity contribution in [2.24, 2.45) is 0 Å². The zero-order valence-corrected chi connectivity index (χ0v) is 21.2. The van der Waals surface area contributed by atoms with Crippen LogP contribution in [-0.2, 0) is 16.0 Å². The molecule has 4 aromatic heterocycles. The lowest BCUT2D eigenvalue weighted by Crippen LogP contribution is -2.30. The van der Waals surface area contributed by atoms with Crippen LogP contribution in [0.3, 0.4) is 0 Å². The topological polar surface area (TPSA) is 94.1 Å². The maximum atomic E-state index is 5.59. The number of hydrogen-bond acceptors (Lipinski definition) is 9. The van der Waals surface area contributed by atoms with Gasteiger partial charge in [0, 0.05) is 62.1 Å². The molecule has 2 aliphatic rings. The fraction of sp³-hybridized carbons (Fsp3) is 0.407. The summed E-state index contributed by atoms with van der Waals surface area (Å²) in [5.74, 6) is 2.01. The Hall–Kier alpha value is -2.98. The van der Waals surface area contributed by atoms with Crippen molar-refractivity contribution in [1.82, 2.24) is 25.3 Å². The van der Waals surface area contributed by atoms with Gasteiger partial charge in [-0.05, 0) is 55.9 Å². The standard InChI is InChI=1S/C27H30N6O2S/c1-17-12-19(4-8-28-17)27-32-22-13-26(30-15-24(22)36-27)33-25-3-2-21(18-5-9-34-10-6-18)23(31-25)14-29-20-7-11-35-16-20/h2-4,8,12-13,15,18,20,29H,5-7,9-11,14,16H2,1H3,(H,30,31,33)/t20-/m0/s1. The Bertz CT molecular complexity index is 1350. The molecule has 6 heterocycles. The van der Waals surface area contributed by atoms with Crippen LogP contribution in [-0.4, -0.2) is 52.4 Å². The first-order chi connectivity index (χ1) is 17.7.